The van der Waals surface area contributed by atoms with E-state index in [2.05, 4.69) is 67.7 Å². The largest absolute Gasteiger partial charge is 0.387 e. The van der Waals surface area contributed by atoms with Crippen LogP contribution in [0.3, 0.4) is 0 Å². The second kappa shape index (κ2) is 7.18. The maximum atomic E-state index is 11.2. The van der Waals surface area contributed by atoms with Gasteiger partial charge in [-0.2, -0.15) is 0 Å². The summed E-state index contributed by atoms with van der Waals surface area (Å²) in [4.78, 5) is 4.87. The summed E-state index contributed by atoms with van der Waals surface area (Å²) in [6.07, 6.45) is 2.85. The highest BCUT2D eigenvalue weighted by atomic mass is 16.3. The summed E-state index contributed by atoms with van der Waals surface area (Å²) in [5, 5.41) is 15.7. The molecule has 134 valence electrons. The summed E-state index contributed by atoms with van der Waals surface area (Å²) >= 11 is 0. The van der Waals surface area contributed by atoms with Crippen LogP contribution in [0.5, 0.6) is 0 Å². The monoisotopic (exact) mass is 346 g/mol. The van der Waals surface area contributed by atoms with Crippen molar-refractivity contribution < 1.29 is 5.11 Å². The van der Waals surface area contributed by atoms with Gasteiger partial charge in [0.1, 0.15) is 0 Å². The van der Waals surface area contributed by atoms with Crippen molar-refractivity contribution in [2.45, 2.75) is 45.3 Å². The normalized spacial score (nSPS) is 18.8. The van der Waals surface area contributed by atoms with Crippen LogP contribution in [-0.2, 0) is 0 Å². The summed E-state index contributed by atoms with van der Waals surface area (Å²) in [7, 11) is 0. The highest BCUT2D eigenvalue weighted by Gasteiger charge is 2.25. The van der Waals surface area contributed by atoms with Crippen LogP contribution >= 0.6 is 0 Å². The van der Waals surface area contributed by atoms with E-state index in [0.29, 0.717) is 0 Å². The molecule has 1 aromatic heterocycles. The molecule has 0 radical (unpaired) electrons. The van der Waals surface area contributed by atoms with Crippen molar-refractivity contribution in [1.29, 1.82) is 0 Å². The van der Waals surface area contributed by atoms with Gasteiger partial charge in [-0.1, -0.05) is 47.9 Å². The van der Waals surface area contributed by atoms with Crippen LogP contribution in [0.25, 0.3) is 22.2 Å². The molecule has 2 aromatic carbocycles. The van der Waals surface area contributed by atoms with Crippen LogP contribution < -0.4 is 5.32 Å². The minimum absolute atomic E-state index is 0.112. The van der Waals surface area contributed by atoms with Crippen LogP contribution in [0.1, 0.15) is 42.1 Å². The van der Waals surface area contributed by atoms with Crippen molar-refractivity contribution >= 4 is 10.9 Å². The molecule has 3 nitrogen and oxygen atoms in total. The molecular weight excluding hydrogens is 320 g/mol. The first kappa shape index (κ1) is 17.2. The van der Waals surface area contributed by atoms with Crippen LogP contribution in [0.2, 0.25) is 0 Å². The van der Waals surface area contributed by atoms with E-state index in [0.717, 1.165) is 40.7 Å². The summed E-state index contributed by atoms with van der Waals surface area (Å²) in [5.41, 5.74) is 6.35. The number of aryl methyl sites for hydroxylation is 2. The fraction of sp³-hybridized carbons (Fsp3) is 0.348. The van der Waals surface area contributed by atoms with Crippen molar-refractivity contribution in [3.8, 4) is 11.3 Å². The van der Waals surface area contributed by atoms with Crippen LogP contribution in [-0.4, -0.2) is 22.7 Å². The van der Waals surface area contributed by atoms with Gasteiger partial charge in [0.05, 0.1) is 17.3 Å². The number of aliphatic hydroxyl groups is 1. The van der Waals surface area contributed by atoms with Gasteiger partial charge in [-0.15, -0.1) is 0 Å². The van der Waals surface area contributed by atoms with E-state index in [4.69, 9.17) is 4.98 Å². The number of pyridine rings is 1. The Morgan fingerprint density at radius 3 is 2.50 bits per heavy atom. The number of fused-ring (bicyclic) bond motifs is 1. The Morgan fingerprint density at radius 2 is 1.77 bits per heavy atom. The Hall–Kier alpha value is -2.23. The Kier molecular flexibility index (Phi) is 4.75. The zero-order chi connectivity index (χ0) is 18.1. The quantitative estimate of drug-likeness (QED) is 0.723. The Balaban J connectivity index is 1.85. The van der Waals surface area contributed by atoms with Gasteiger partial charge in [-0.25, -0.2) is 4.98 Å². The molecule has 0 aliphatic carbocycles. The van der Waals surface area contributed by atoms with Crippen LogP contribution in [0.4, 0.5) is 0 Å². The highest BCUT2D eigenvalue weighted by Crippen LogP contribution is 2.32. The summed E-state index contributed by atoms with van der Waals surface area (Å²) in [6.45, 7) is 5.15. The summed E-state index contributed by atoms with van der Waals surface area (Å²) < 4.78 is 0. The van der Waals surface area contributed by atoms with Crippen molar-refractivity contribution in [3.63, 3.8) is 0 Å². The van der Waals surface area contributed by atoms with E-state index in [1.807, 2.05) is 0 Å². The molecule has 0 saturated carbocycles. The number of aliphatic hydroxyl groups excluding tert-OH is 1. The predicted octanol–water partition coefficient (Wildman–Crippen LogP) is 4.69. The smallest absolute Gasteiger partial charge is 0.0950 e. The van der Waals surface area contributed by atoms with Gasteiger partial charge in [0.15, 0.2) is 0 Å². The van der Waals surface area contributed by atoms with Crippen molar-refractivity contribution in [2.75, 3.05) is 6.54 Å². The lowest BCUT2D eigenvalue weighted by Gasteiger charge is -2.29. The standard InChI is InChI=1S/C23H26N2O/c1-15-6-9-17(10-7-15)22-14-19(23(26)21-5-3-4-12-24-21)18-13-16(2)8-11-20(18)25-22/h6-11,13-14,21,23-24,26H,3-5,12H2,1-2H3. The van der Waals surface area contributed by atoms with Gasteiger partial charge in [0.25, 0.3) is 0 Å². The van der Waals surface area contributed by atoms with Gasteiger partial charge in [-0.05, 0) is 57.0 Å². The van der Waals surface area contributed by atoms with E-state index in [9.17, 15) is 5.11 Å². The first-order valence-corrected chi connectivity index (χ1v) is 9.51. The highest BCUT2D eigenvalue weighted by molar-refractivity contribution is 5.86. The summed E-state index contributed by atoms with van der Waals surface area (Å²) in [6, 6.07) is 16.9. The first-order chi connectivity index (χ1) is 12.6. The molecular formula is C23H26N2O. The fourth-order valence-corrected chi connectivity index (χ4v) is 3.85. The Labute approximate surface area is 155 Å². The number of piperidine rings is 1. The number of benzene rings is 2. The third kappa shape index (κ3) is 3.37. The third-order valence-electron chi connectivity index (χ3n) is 5.39. The zero-order valence-electron chi connectivity index (χ0n) is 15.5. The van der Waals surface area contributed by atoms with E-state index >= 15 is 0 Å². The van der Waals surface area contributed by atoms with E-state index < -0.39 is 6.10 Å². The SMILES string of the molecule is Cc1ccc(-c2cc(C(O)C3CCCCN3)c3cc(C)ccc3n2)cc1. The molecule has 0 spiro atoms. The molecule has 26 heavy (non-hydrogen) atoms. The van der Waals surface area contributed by atoms with Crippen LogP contribution in [0.15, 0.2) is 48.5 Å². The molecule has 2 unspecified atom stereocenters. The molecule has 2 N–H and O–H groups in total. The molecule has 1 aliphatic heterocycles. The van der Waals surface area contributed by atoms with E-state index in [-0.39, 0.29) is 6.04 Å². The molecule has 2 heterocycles. The molecule has 1 saturated heterocycles. The average molecular weight is 346 g/mol. The van der Waals surface area contributed by atoms with E-state index in [1.54, 1.807) is 0 Å². The van der Waals surface area contributed by atoms with Gasteiger partial charge >= 0.3 is 0 Å². The Morgan fingerprint density at radius 1 is 1.00 bits per heavy atom. The maximum absolute atomic E-state index is 11.2. The molecule has 0 amide bonds. The predicted molar refractivity (Wildman–Crippen MR) is 107 cm³/mol. The molecule has 3 heteroatoms. The molecule has 0 bridgehead atoms. The van der Waals surface area contributed by atoms with Crippen molar-refractivity contribution in [2.24, 2.45) is 0 Å². The van der Waals surface area contributed by atoms with Crippen molar-refractivity contribution in [1.82, 2.24) is 10.3 Å². The third-order valence-corrected chi connectivity index (χ3v) is 5.39. The molecule has 4 rings (SSSR count). The van der Waals surface area contributed by atoms with Crippen LogP contribution in [0, 0.1) is 13.8 Å². The molecule has 2 atom stereocenters. The lowest BCUT2D eigenvalue weighted by atomic mass is 9.91. The second-order valence-corrected chi connectivity index (χ2v) is 7.48. The second-order valence-electron chi connectivity index (χ2n) is 7.48. The lowest BCUT2D eigenvalue weighted by molar-refractivity contribution is 0.115. The fourth-order valence-electron chi connectivity index (χ4n) is 3.85. The van der Waals surface area contributed by atoms with Gasteiger partial charge in [-0.3, -0.25) is 0 Å². The van der Waals surface area contributed by atoms with Gasteiger partial charge in [0, 0.05) is 17.0 Å². The lowest BCUT2D eigenvalue weighted by Crippen LogP contribution is -2.38. The van der Waals surface area contributed by atoms with Crippen molar-refractivity contribution in [3.05, 3.63) is 65.2 Å². The number of nitrogens with zero attached hydrogens (tertiary/aromatic N) is 1. The number of aromatic nitrogens is 1. The maximum Gasteiger partial charge on any atom is 0.0950 e. The number of hydrogen-bond donors (Lipinski definition) is 2. The Bertz CT molecular complexity index is 911. The number of hydrogen-bond acceptors (Lipinski definition) is 3. The minimum atomic E-state index is -0.521. The molecule has 1 aliphatic rings. The number of nitrogens with one attached hydrogen (secondary N) is 1. The van der Waals surface area contributed by atoms with E-state index in [1.165, 1.54) is 24.0 Å². The molecule has 3 aromatic rings. The topological polar surface area (TPSA) is 45.1 Å². The van der Waals surface area contributed by atoms with Gasteiger partial charge in [0.2, 0.25) is 0 Å². The number of rotatable bonds is 3. The molecule has 1 fully saturated rings. The zero-order valence-corrected chi connectivity index (χ0v) is 15.5. The van der Waals surface area contributed by atoms with Gasteiger partial charge < -0.3 is 10.4 Å². The minimum Gasteiger partial charge on any atom is -0.387 e. The average Bonchev–Trinajstić information content (AvgIpc) is 2.68. The first-order valence-electron chi connectivity index (χ1n) is 9.51. The summed E-state index contributed by atoms with van der Waals surface area (Å²) in [5.74, 6) is 0.